The third-order valence-electron chi connectivity index (χ3n) is 4.97. The number of benzene rings is 2. The fourth-order valence-corrected chi connectivity index (χ4v) is 3.37. The number of nitrogens with one attached hydrogen (secondary N) is 2. The monoisotopic (exact) mass is 378 g/mol. The summed E-state index contributed by atoms with van der Waals surface area (Å²) in [7, 11) is 5.94. The molecule has 2 amide bonds. The van der Waals surface area contributed by atoms with Crippen molar-refractivity contribution in [2.24, 2.45) is 7.05 Å². The van der Waals surface area contributed by atoms with E-state index in [9.17, 15) is 9.59 Å². The largest absolute Gasteiger partial charge is 0.350 e. The zero-order valence-electron chi connectivity index (χ0n) is 16.7. The van der Waals surface area contributed by atoms with Crippen LogP contribution in [0.1, 0.15) is 17.2 Å². The van der Waals surface area contributed by atoms with Gasteiger partial charge in [0.05, 0.1) is 6.04 Å². The van der Waals surface area contributed by atoms with Crippen LogP contribution in [0.4, 0.5) is 5.69 Å². The molecule has 3 aromatic rings. The van der Waals surface area contributed by atoms with E-state index in [0.29, 0.717) is 12.2 Å². The van der Waals surface area contributed by atoms with Crippen LogP contribution in [0.2, 0.25) is 0 Å². The number of aryl methyl sites for hydroxylation is 2. The Bertz CT molecular complexity index is 1010. The van der Waals surface area contributed by atoms with E-state index in [1.807, 2.05) is 63.3 Å². The number of aromatic nitrogens is 1. The van der Waals surface area contributed by atoms with Crippen LogP contribution in [0.5, 0.6) is 0 Å². The van der Waals surface area contributed by atoms with Crippen molar-refractivity contribution >= 4 is 28.4 Å². The van der Waals surface area contributed by atoms with Crippen molar-refractivity contribution < 1.29 is 9.59 Å². The molecular weight excluding hydrogens is 352 g/mol. The molecule has 146 valence electrons. The molecular formula is C22H26N4O2. The Labute approximate surface area is 165 Å². The molecule has 0 saturated carbocycles. The van der Waals surface area contributed by atoms with Crippen molar-refractivity contribution in [1.29, 1.82) is 0 Å². The van der Waals surface area contributed by atoms with E-state index in [1.54, 1.807) is 6.07 Å². The summed E-state index contributed by atoms with van der Waals surface area (Å²) < 4.78 is 2.08. The topological polar surface area (TPSA) is 66.4 Å². The molecule has 2 aromatic carbocycles. The van der Waals surface area contributed by atoms with Gasteiger partial charge in [-0.05, 0) is 44.3 Å². The molecule has 2 N–H and O–H groups in total. The Morgan fingerprint density at radius 1 is 1.04 bits per heavy atom. The van der Waals surface area contributed by atoms with Crippen LogP contribution in [-0.4, -0.2) is 41.9 Å². The zero-order chi connectivity index (χ0) is 20.3. The van der Waals surface area contributed by atoms with E-state index in [0.717, 1.165) is 22.0 Å². The summed E-state index contributed by atoms with van der Waals surface area (Å²) in [4.78, 5) is 26.6. The van der Waals surface area contributed by atoms with Crippen LogP contribution in [0, 0.1) is 6.92 Å². The van der Waals surface area contributed by atoms with E-state index in [1.165, 1.54) is 0 Å². The van der Waals surface area contributed by atoms with Crippen molar-refractivity contribution in [2.45, 2.75) is 13.0 Å². The number of hydrogen-bond donors (Lipinski definition) is 2. The molecule has 28 heavy (non-hydrogen) atoms. The second-order valence-electron chi connectivity index (χ2n) is 7.17. The Kier molecular flexibility index (Phi) is 5.80. The fourth-order valence-electron chi connectivity index (χ4n) is 3.37. The summed E-state index contributed by atoms with van der Waals surface area (Å²) in [6, 6.07) is 15.5. The van der Waals surface area contributed by atoms with Gasteiger partial charge in [-0.15, -0.1) is 0 Å². The van der Waals surface area contributed by atoms with Gasteiger partial charge in [-0.1, -0.05) is 36.4 Å². The molecule has 1 aromatic heterocycles. The molecule has 1 heterocycles. The number of hydrogen-bond acceptors (Lipinski definition) is 3. The van der Waals surface area contributed by atoms with E-state index >= 15 is 0 Å². The van der Waals surface area contributed by atoms with E-state index in [2.05, 4.69) is 33.5 Å². The van der Waals surface area contributed by atoms with Gasteiger partial charge in [-0.2, -0.15) is 0 Å². The molecule has 0 bridgehead atoms. The fraction of sp³-hybridized carbons (Fsp3) is 0.273. The van der Waals surface area contributed by atoms with Crippen LogP contribution in [-0.2, 0) is 16.6 Å². The minimum Gasteiger partial charge on any atom is -0.350 e. The maximum Gasteiger partial charge on any atom is 0.313 e. The van der Waals surface area contributed by atoms with Crippen LogP contribution < -0.4 is 10.6 Å². The first-order valence-electron chi connectivity index (χ1n) is 9.23. The maximum atomic E-state index is 12.3. The number of carbonyl (C=O) groups is 2. The normalized spacial score (nSPS) is 12.2. The average molecular weight is 378 g/mol. The summed E-state index contributed by atoms with van der Waals surface area (Å²) in [6.45, 7) is 2.22. The summed E-state index contributed by atoms with van der Waals surface area (Å²) in [6.07, 6.45) is 2.08. The Hall–Kier alpha value is -3.12. The third kappa shape index (κ3) is 4.07. The van der Waals surface area contributed by atoms with Crippen LogP contribution in [0.15, 0.2) is 54.7 Å². The lowest BCUT2D eigenvalue weighted by atomic mass is 10.0. The molecule has 0 aliphatic rings. The summed E-state index contributed by atoms with van der Waals surface area (Å²) >= 11 is 0. The Morgan fingerprint density at radius 2 is 1.71 bits per heavy atom. The van der Waals surface area contributed by atoms with Crippen LogP contribution in [0.3, 0.4) is 0 Å². The molecule has 0 aliphatic heterocycles. The minimum atomic E-state index is -0.662. The first-order valence-corrected chi connectivity index (χ1v) is 9.23. The first-order chi connectivity index (χ1) is 13.4. The highest BCUT2D eigenvalue weighted by atomic mass is 16.2. The standard InChI is InChI=1S/C22H26N4O2/c1-15-9-5-7-11-18(15)24-22(28)21(27)23-13-20(25(2)3)17-14-26(4)19-12-8-6-10-16(17)19/h5-12,14,20H,13H2,1-4H3,(H,23,27)(H,24,28). The second kappa shape index (κ2) is 8.27. The SMILES string of the molecule is Cc1ccccc1NC(=O)C(=O)NCC(c1cn(C)c2ccccc12)N(C)C. The molecule has 1 atom stereocenters. The highest BCUT2D eigenvalue weighted by molar-refractivity contribution is 6.39. The third-order valence-corrected chi connectivity index (χ3v) is 4.97. The Balaban J connectivity index is 1.72. The number of carbonyl (C=O) groups excluding carboxylic acids is 2. The summed E-state index contributed by atoms with van der Waals surface area (Å²) in [5.41, 5.74) is 3.79. The number of nitrogens with zero attached hydrogens (tertiary/aromatic N) is 2. The number of anilines is 1. The van der Waals surface area contributed by atoms with Gasteiger partial charge < -0.3 is 20.1 Å². The molecule has 3 rings (SSSR count). The summed E-state index contributed by atoms with van der Waals surface area (Å²) in [5, 5.41) is 6.58. The predicted molar refractivity (Wildman–Crippen MR) is 112 cm³/mol. The number of fused-ring (bicyclic) bond motifs is 1. The second-order valence-corrected chi connectivity index (χ2v) is 7.17. The minimum absolute atomic E-state index is 0.0543. The highest BCUT2D eigenvalue weighted by Gasteiger charge is 2.22. The van der Waals surface area contributed by atoms with E-state index < -0.39 is 11.8 Å². The van der Waals surface area contributed by atoms with Gasteiger partial charge in [0.2, 0.25) is 0 Å². The molecule has 6 nitrogen and oxygen atoms in total. The van der Waals surface area contributed by atoms with Crippen molar-refractivity contribution in [3.05, 3.63) is 65.9 Å². The Morgan fingerprint density at radius 3 is 2.43 bits per heavy atom. The van der Waals surface area contributed by atoms with Crippen molar-refractivity contribution in [3.63, 3.8) is 0 Å². The average Bonchev–Trinajstić information content (AvgIpc) is 3.00. The predicted octanol–water partition coefficient (Wildman–Crippen LogP) is 2.84. The van der Waals surface area contributed by atoms with E-state index in [-0.39, 0.29) is 6.04 Å². The lowest BCUT2D eigenvalue weighted by Crippen LogP contribution is -2.40. The van der Waals surface area contributed by atoms with Crippen molar-refractivity contribution in [3.8, 4) is 0 Å². The quantitative estimate of drug-likeness (QED) is 0.671. The molecule has 1 unspecified atom stereocenters. The number of likely N-dealkylation sites (N-methyl/N-ethyl adjacent to an activating group) is 1. The molecule has 0 aliphatic carbocycles. The molecule has 0 saturated heterocycles. The van der Waals surface area contributed by atoms with Gasteiger partial charge in [0.1, 0.15) is 0 Å². The number of amides is 2. The number of rotatable bonds is 5. The van der Waals surface area contributed by atoms with Gasteiger partial charge in [0.15, 0.2) is 0 Å². The molecule has 6 heteroatoms. The zero-order valence-corrected chi connectivity index (χ0v) is 16.7. The smallest absolute Gasteiger partial charge is 0.313 e. The van der Waals surface area contributed by atoms with Crippen molar-refractivity contribution in [1.82, 2.24) is 14.8 Å². The van der Waals surface area contributed by atoms with Crippen LogP contribution in [0.25, 0.3) is 10.9 Å². The van der Waals surface area contributed by atoms with Gasteiger partial charge in [0.25, 0.3) is 0 Å². The van der Waals surface area contributed by atoms with Gasteiger partial charge >= 0.3 is 11.8 Å². The molecule has 0 fully saturated rings. The highest BCUT2D eigenvalue weighted by Crippen LogP contribution is 2.28. The first kappa shape index (κ1) is 19.6. The number of para-hydroxylation sites is 2. The lowest BCUT2D eigenvalue weighted by Gasteiger charge is -2.24. The maximum absolute atomic E-state index is 12.3. The molecule has 0 spiro atoms. The van der Waals surface area contributed by atoms with Gasteiger partial charge in [-0.25, -0.2) is 0 Å². The van der Waals surface area contributed by atoms with Crippen molar-refractivity contribution in [2.75, 3.05) is 26.0 Å². The lowest BCUT2D eigenvalue weighted by molar-refractivity contribution is -0.136. The van der Waals surface area contributed by atoms with Gasteiger partial charge in [-0.3, -0.25) is 9.59 Å². The van der Waals surface area contributed by atoms with E-state index in [4.69, 9.17) is 0 Å². The van der Waals surface area contributed by atoms with Gasteiger partial charge in [0, 0.05) is 36.4 Å². The summed E-state index contributed by atoms with van der Waals surface area (Å²) in [5.74, 6) is -1.31. The molecule has 0 radical (unpaired) electrons. The van der Waals surface area contributed by atoms with Crippen LogP contribution >= 0.6 is 0 Å².